The molecule has 1 saturated heterocycles. The molecule has 2 rings (SSSR count). The summed E-state index contributed by atoms with van der Waals surface area (Å²) in [5.41, 5.74) is 4.57. The summed E-state index contributed by atoms with van der Waals surface area (Å²) in [6.45, 7) is 4.09. The van der Waals surface area contributed by atoms with Crippen LogP contribution in [-0.2, 0) is 46.3 Å². The van der Waals surface area contributed by atoms with E-state index in [1.54, 1.807) is 0 Å². The van der Waals surface area contributed by atoms with Gasteiger partial charge in [-0.2, -0.15) is 9.29 Å². The maximum Gasteiger partial charge on any atom is 0.481 e. The maximum atomic E-state index is 12.8. The number of nitrogen functional groups attached to an aromatic ring is 1. The van der Waals surface area contributed by atoms with Gasteiger partial charge in [0.25, 0.3) is 0 Å². The fourth-order valence-electron chi connectivity index (χ4n) is 6.56. The number of ether oxygens (including phenoxy) is 3. The lowest BCUT2D eigenvalue weighted by Gasteiger charge is -2.21. The van der Waals surface area contributed by atoms with E-state index >= 15 is 0 Å². The minimum Gasteiger partial charge on any atom is -0.462 e. The largest absolute Gasteiger partial charge is 0.481 e. The number of hydrogen-bond acceptors (Lipinski definition) is 16. The molecule has 0 aromatic carbocycles. The summed E-state index contributed by atoms with van der Waals surface area (Å²) in [6, 6.07) is 1.24. The van der Waals surface area contributed by atoms with Crippen molar-refractivity contribution in [1.29, 1.82) is 0 Å². The molecule has 1 aliphatic heterocycles. The van der Waals surface area contributed by atoms with Crippen LogP contribution < -0.4 is 11.4 Å². The van der Waals surface area contributed by atoms with Gasteiger partial charge in [0.1, 0.15) is 30.7 Å². The molecule has 7 N–H and O–H groups in total. The predicted octanol–water partition coefficient (Wildman–Crippen LogP) is 7.43. The van der Waals surface area contributed by atoms with Crippen molar-refractivity contribution in [1.82, 2.24) is 9.55 Å². The number of anilines is 1. The molecule has 1 aromatic rings. The average molecular weight is 976 g/mol. The monoisotopic (exact) mass is 975 g/mol. The first-order valence-electron chi connectivity index (χ1n) is 23.1. The van der Waals surface area contributed by atoms with Crippen molar-refractivity contribution in [3.05, 3.63) is 71.4 Å². The third kappa shape index (κ3) is 26.9. The summed E-state index contributed by atoms with van der Waals surface area (Å²) in [5, 5.41) is 30.6. The number of nitrogens with two attached hydrogens (primary N) is 1. The summed E-state index contributed by atoms with van der Waals surface area (Å²) in [6.07, 6.45) is 23.1. The van der Waals surface area contributed by atoms with Crippen molar-refractivity contribution >= 4 is 33.4 Å². The number of aliphatic hydroxyl groups excluding tert-OH is 3. The number of esters is 2. The van der Waals surface area contributed by atoms with Crippen LogP contribution in [-0.4, -0.2) is 96.9 Å². The highest BCUT2D eigenvalue weighted by molar-refractivity contribution is 7.61. The van der Waals surface area contributed by atoms with Gasteiger partial charge in [-0.1, -0.05) is 121 Å². The Morgan fingerprint density at radius 3 is 2.05 bits per heavy atom. The zero-order chi connectivity index (χ0) is 48.8. The molecule has 66 heavy (non-hydrogen) atoms. The predicted molar refractivity (Wildman–Crippen MR) is 248 cm³/mol. The number of carbonyl (C=O) groups is 2. The number of aromatic nitrogens is 2. The molecule has 1 aromatic heterocycles. The molecule has 0 radical (unpaired) electrons. The Labute approximate surface area is 389 Å². The first kappa shape index (κ1) is 58.8. The number of nitrogens with zero attached hydrogens (tertiary/aromatic N) is 2. The molecule has 0 saturated carbocycles. The number of phosphoric acid groups is 2. The lowest BCUT2D eigenvalue weighted by Crippen LogP contribution is -2.36. The Hall–Kier alpha value is -3.32. The van der Waals surface area contributed by atoms with Crippen molar-refractivity contribution in [3.8, 4) is 0 Å². The number of phosphoric ester groups is 2. The Bertz CT molecular complexity index is 1820. The standard InChI is InChI=1S/C45H75N3O16P2/c1-4-25-36(49)27-22-18-14-10-8-6-5-7-9-11-15-20-24-29-41(51)62-37(32-59-40(50)28-23-19-16-12-13-17-21-26-35(2)3)33-60-65(55,56)64-66(57,58)61-34-38-42(52)43(53)44(63-38)48-31-30-39(46)47-45(48)54/h5,7-8,10-11,15,18,22,30-31,35-38,42-44,49,52-53H,4,6,9,12-14,16-17,19-21,23-29,32-34H2,1-3H3,(H,55,56)(H,57,58)(H2,46,47,54)/b7-5-,10-8-,15-11-,22-18-/t36?,37-,38-,42-,43-,44-/m1/s1. The normalized spacial score (nSPS) is 20.7. The van der Waals surface area contributed by atoms with Gasteiger partial charge in [0.05, 0.1) is 19.3 Å². The van der Waals surface area contributed by atoms with E-state index in [0.717, 1.165) is 62.1 Å². The highest BCUT2D eigenvalue weighted by Crippen LogP contribution is 2.60. The third-order valence-corrected chi connectivity index (χ3v) is 12.8. The van der Waals surface area contributed by atoms with Crippen molar-refractivity contribution in [2.75, 3.05) is 25.6 Å². The number of allylic oxidation sites excluding steroid dienone is 7. The maximum absolute atomic E-state index is 12.8. The molecule has 0 amide bonds. The van der Waals surface area contributed by atoms with Crippen molar-refractivity contribution in [2.24, 2.45) is 5.92 Å². The van der Waals surface area contributed by atoms with Crippen LogP contribution >= 0.6 is 15.6 Å². The van der Waals surface area contributed by atoms with E-state index in [2.05, 4.69) is 35.3 Å². The topological polar surface area (TPSA) is 286 Å². The van der Waals surface area contributed by atoms with E-state index < -0.39 is 83.7 Å². The van der Waals surface area contributed by atoms with Crippen LogP contribution in [0.5, 0.6) is 0 Å². The van der Waals surface area contributed by atoms with E-state index in [4.69, 9.17) is 29.0 Å². The van der Waals surface area contributed by atoms with Gasteiger partial charge in [-0.25, -0.2) is 13.9 Å². The van der Waals surface area contributed by atoms with Crippen LogP contribution in [0.15, 0.2) is 65.7 Å². The van der Waals surface area contributed by atoms with Crippen molar-refractivity contribution in [3.63, 3.8) is 0 Å². The van der Waals surface area contributed by atoms with Gasteiger partial charge in [-0.05, 0) is 63.4 Å². The van der Waals surface area contributed by atoms with E-state index in [9.17, 15) is 48.6 Å². The number of carbonyl (C=O) groups excluding carboxylic acids is 2. The van der Waals surface area contributed by atoms with Gasteiger partial charge >= 0.3 is 33.3 Å². The van der Waals surface area contributed by atoms with Crippen molar-refractivity contribution in [2.45, 2.75) is 173 Å². The molecule has 0 bridgehead atoms. The van der Waals surface area contributed by atoms with E-state index in [0.29, 0.717) is 38.0 Å². The molecular weight excluding hydrogens is 900 g/mol. The van der Waals surface area contributed by atoms with Gasteiger partial charge in [0.2, 0.25) is 0 Å². The quantitative estimate of drug-likeness (QED) is 0.0165. The van der Waals surface area contributed by atoms with Crippen molar-refractivity contribution < 1.29 is 71.4 Å². The van der Waals surface area contributed by atoms with Gasteiger partial charge in [-0.15, -0.1) is 0 Å². The first-order valence-corrected chi connectivity index (χ1v) is 26.1. The Morgan fingerprint density at radius 2 is 1.41 bits per heavy atom. The number of rotatable bonds is 36. The third-order valence-electron chi connectivity index (χ3n) is 10.2. The molecule has 3 unspecified atom stereocenters. The van der Waals surface area contributed by atoms with Crippen LogP contribution in [0.1, 0.15) is 143 Å². The number of unbranched alkanes of at least 4 members (excludes halogenated alkanes) is 7. The van der Waals surface area contributed by atoms with Gasteiger partial charge in [-0.3, -0.25) is 23.2 Å². The molecule has 2 heterocycles. The minimum absolute atomic E-state index is 0.0417. The van der Waals surface area contributed by atoms with E-state index in [-0.39, 0.29) is 24.8 Å². The summed E-state index contributed by atoms with van der Waals surface area (Å²) >= 11 is 0. The molecule has 1 aliphatic rings. The fourth-order valence-corrected chi connectivity index (χ4v) is 8.67. The van der Waals surface area contributed by atoms with Crippen LogP contribution in [0.25, 0.3) is 0 Å². The summed E-state index contributed by atoms with van der Waals surface area (Å²) in [4.78, 5) is 61.6. The molecule has 21 heteroatoms. The zero-order valence-corrected chi connectivity index (χ0v) is 40.5. The second-order valence-electron chi connectivity index (χ2n) is 16.6. The van der Waals surface area contributed by atoms with Crippen LogP contribution in [0.3, 0.4) is 0 Å². The molecule has 1 fully saturated rings. The number of aliphatic hydroxyl groups is 3. The van der Waals surface area contributed by atoms with E-state index in [1.165, 1.54) is 25.3 Å². The van der Waals surface area contributed by atoms with E-state index in [1.807, 2.05) is 43.4 Å². The highest BCUT2D eigenvalue weighted by Gasteiger charge is 2.46. The molecule has 19 nitrogen and oxygen atoms in total. The zero-order valence-electron chi connectivity index (χ0n) is 38.8. The Kier molecular flexibility index (Phi) is 29.6. The fraction of sp³-hybridized carbons (Fsp3) is 0.689. The summed E-state index contributed by atoms with van der Waals surface area (Å²) in [7, 11) is -10.9. The SMILES string of the molecule is CCCC(O)C/C=C\C/C=C\C/C=C\C/C=C\CCCC(=O)O[C@H](COC(=O)CCCCCCCCCC(C)C)COP(=O)(O)OP(=O)(O)OC[C@H]1O[C@@H](n2ccc(N)nc2=O)[C@H](O)[C@@H]1O. The molecule has 0 spiro atoms. The lowest BCUT2D eigenvalue weighted by molar-refractivity contribution is -0.161. The molecule has 8 atom stereocenters. The molecule has 376 valence electrons. The van der Waals surface area contributed by atoms with Gasteiger partial charge < -0.3 is 45.1 Å². The van der Waals surface area contributed by atoms with Crippen LogP contribution in [0.4, 0.5) is 5.82 Å². The Balaban J connectivity index is 1.86. The molecule has 0 aliphatic carbocycles. The summed E-state index contributed by atoms with van der Waals surface area (Å²) in [5.74, 6) is -0.705. The Morgan fingerprint density at radius 1 is 0.818 bits per heavy atom. The van der Waals surface area contributed by atoms with Gasteiger partial charge in [0, 0.05) is 19.0 Å². The molecular formula is C45H75N3O16P2. The van der Waals surface area contributed by atoms with Crippen LogP contribution in [0, 0.1) is 5.92 Å². The van der Waals surface area contributed by atoms with Crippen LogP contribution in [0.2, 0.25) is 0 Å². The second kappa shape index (κ2) is 33.2. The first-order chi connectivity index (χ1) is 31.4. The lowest BCUT2D eigenvalue weighted by atomic mass is 10.0. The second-order valence-corrected chi connectivity index (χ2v) is 19.6. The smallest absolute Gasteiger partial charge is 0.462 e. The summed E-state index contributed by atoms with van der Waals surface area (Å²) < 4.78 is 56.5. The van der Waals surface area contributed by atoms with Gasteiger partial charge in [0.15, 0.2) is 12.3 Å². The minimum atomic E-state index is -5.44. The highest BCUT2D eigenvalue weighted by atomic mass is 31.3. The number of hydrogen-bond donors (Lipinski definition) is 6. The average Bonchev–Trinajstić information content (AvgIpc) is 3.53.